The van der Waals surface area contributed by atoms with E-state index in [0.29, 0.717) is 10.8 Å². The largest absolute Gasteiger partial charge is 0.465 e. The van der Waals surface area contributed by atoms with Crippen LogP contribution < -0.4 is 0 Å². The van der Waals surface area contributed by atoms with E-state index in [-0.39, 0.29) is 5.97 Å². The Hall–Kier alpha value is -1.61. The summed E-state index contributed by atoms with van der Waals surface area (Å²) in [6, 6.07) is 12.1. The van der Waals surface area contributed by atoms with Crippen LogP contribution in [0.25, 0.3) is 11.1 Å². The van der Waals surface area contributed by atoms with Gasteiger partial charge in [-0.1, -0.05) is 44.2 Å². The Morgan fingerprint density at radius 1 is 1.22 bits per heavy atom. The maximum atomic E-state index is 11.6. The van der Waals surface area contributed by atoms with Crippen molar-refractivity contribution in [3.05, 3.63) is 46.2 Å². The summed E-state index contributed by atoms with van der Waals surface area (Å²) in [6.45, 7) is 4.28. The monoisotopic (exact) mass is 260 g/mol. The lowest BCUT2D eigenvalue weighted by atomic mass is 10.0. The molecule has 0 N–H and O–H groups in total. The molecule has 1 aromatic carbocycles. The van der Waals surface area contributed by atoms with E-state index in [0.717, 1.165) is 11.1 Å². The molecule has 2 rings (SSSR count). The fourth-order valence-corrected chi connectivity index (χ4v) is 2.98. The molecule has 0 atom stereocenters. The van der Waals surface area contributed by atoms with Gasteiger partial charge in [-0.05, 0) is 23.1 Å². The van der Waals surface area contributed by atoms with Crippen molar-refractivity contribution < 1.29 is 9.53 Å². The lowest BCUT2D eigenvalue weighted by Gasteiger charge is -2.06. The highest BCUT2D eigenvalue weighted by Crippen LogP contribution is 2.36. The third-order valence-corrected chi connectivity index (χ3v) is 4.17. The Morgan fingerprint density at radius 3 is 2.44 bits per heavy atom. The molecule has 0 aliphatic heterocycles. The molecule has 2 nitrogen and oxygen atoms in total. The van der Waals surface area contributed by atoms with E-state index in [4.69, 9.17) is 4.74 Å². The van der Waals surface area contributed by atoms with Crippen molar-refractivity contribution in [2.24, 2.45) is 0 Å². The third-order valence-electron chi connectivity index (χ3n) is 2.76. The van der Waals surface area contributed by atoms with E-state index >= 15 is 0 Å². The van der Waals surface area contributed by atoms with Gasteiger partial charge in [0.2, 0.25) is 0 Å². The van der Waals surface area contributed by atoms with E-state index in [9.17, 15) is 4.79 Å². The van der Waals surface area contributed by atoms with Gasteiger partial charge in [-0.3, -0.25) is 0 Å². The van der Waals surface area contributed by atoms with Gasteiger partial charge in [-0.25, -0.2) is 4.79 Å². The molecule has 0 spiro atoms. The van der Waals surface area contributed by atoms with Gasteiger partial charge in [0.05, 0.1) is 7.11 Å². The second-order valence-electron chi connectivity index (χ2n) is 4.40. The van der Waals surface area contributed by atoms with Crippen molar-refractivity contribution in [2.75, 3.05) is 7.11 Å². The Labute approximate surface area is 111 Å². The van der Waals surface area contributed by atoms with Crippen LogP contribution in [0.4, 0.5) is 0 Å². The highest BCUT2D eigenvalue weighted by Gasteiger charge is 2.17. The van der Waals surface area contributed by atoms with Crippen molar-refractivity contribution in [2.45, 2.75) is 19.8 Å². The predicted molar refractivity (Wildman–Crippen MR) is 75.2 cm³/mol. The first kappa shape index (κ1) is 12.8. The molecular weight excluding hydrogens is 244 g/mol. The second kappa shape index (κ2) is 5.36. The topological polar surface area (TPSA) is 26.3 Å². The molecule has 3 heteroatoms. The minimum absolute atomic E-state index is 0.260. The van der Waals surface area contributed by atoms with E-state index in [1.807, 2.05) is 24.3 Å². The van der Waals surface area contributed by atoms with Crippen LogP contribution in [-0.2, 0) is 4.74 Å². The quantitative estimate of drug-likeness (QED) is 0.768. The van der Waals surface area contributed by atoms with Gasteiger partial charge in [-0.2, -0.15) is 0 Å². The first-order valence-electron chi connectivity index (χ1n) is 5.91. The van der Waals surface area contributed by atoms with Crippen molar-refractivity contribution in [3.8, 4) is 11.1 Å². The molecule has 1 heterocycles. The van der Waals surface area contributed by atoms with Gasteiger partial charge >= 0.3 is 5.97 Å². The predicted octanol–water partition coefficient (Wildman–Crippen LogP) is 4.33. The number of thiophene rings is 1. The zero-order chi connectivity index (χ0) is 13.1. The van der Waals surface area contributed by atoms with Crippen molar-refractivity contribution in [1.29, 1.82) is 0 Å². The van der Waals surface area contributed by atoms with Crippen molar-refractivity contribution >= 4 is 17.3 Å². The molecule has 18 heavy (non-hydrogen) atoms. The molecule has 0 bridgehead atoms. The van der Waals surface area contributed by atoms with Gasteiger partial charge in [0.15, 0.2) is 0 Å². The molecule has 0 fully saturated rings. The van der Waals surface area contributed by atoms with E-state index in [1.165, 1.54) is 23.3 Å². The first-order chi connectivity index (χ1) is 8.63. The van der Waals surface area contributed by atoms with Crippen LogP contribution in [0.5, 0.6) is 0 Å². The molecule has 1 aromatic heterocycles. The van der Waals surface area contributed by atoms with Crippen molar-refractivity contribution in [1.82, 2.24) is 0 Å². The summed E-state index contributed by atoms with van der Waals surface area (Å²) in [5.74, 6) is 0.132. The number of ether oxygens (including phenoxy) is 1. The smallest absolute Gasteiger partial charge is 0.348 e. The number of hydrogen-bond donors (Lipinski definition) is 0. The normalized spacial score (nSPS) is 10.7. The highest BCUT2D eigenvalue weighted by molar-refractivity contribution is 7.14. The second-order valence-corrected chi connectivity index (χ2v) is 5.48. The van der Waals surface area contributed by atoms with Crippen LogP contribution >= 0.6 is 11.3 Å². The van der Waals surface area contributed by atoms with Gasteiger partial charge in [-0.15, -0.1) is 11.3 Å². The van der Waals surface area contributed by atoms with Crippen LogP contribution in [0.1, 0.15) is 34.3 Å². The Morgan fingerprint density at radius 2 is 1.89 bits per heavy atom. The first-order valence-corrected chi connectivity index (χ1v) is 6.72. The zero-order valence-corrected chi connectivity index (χ0v) is 11.6. The van der Waals surface area contributed by atoms with Crippen LogP contribution in [-0.4, -0.2) is 13.1 Å². The number of benzene rings is 1. The molecule has 0 saturated heterocycles. The van der Waals surface area contributed by atoms with Crippen LogP contribution in [0.15, 0.2) is 36.4 Å². The number of hydrogen-bond acceptors (Lipinski definition) is 3. The fourth-order valence-electron chi connectivity index (χ4n) is 1.88. The molecule has 0 unspecified atom stereocenters. The Bertz CT molecular complexity index is 541. The lowest BCUT2D eigenvalue weighted by Crippen LogP contribution is -1.96. The Balaban J connectivity index is 2.52. The minimum Gasteiger partial charge on any atom is -0.465 e. The summed E-state index contributed by atoms with van der Waals surface area (Å²) in [4.78, 5) is 13.5. The van der Waals surface area contributed by atoms with Gasteiger partial charge in [0, 0.05) is 4.88 Å². The molecule has 0 aliphatic carbocycles. The molecule has 0 radical (unpaired) electrons. The number of carbonyl (C=O) groups is 1. The summed E-state index contributed by atoms with van der Waals surface area (Å²) in [6.07, 6.45) is 0. The average molecular weight is 260 g/mol. The molecule has 0 amide bonds. The van der Waals surface area contributed by atoms with Crippen LogP contribution in [0.2, 0.25) is 0 Å². The van der Waals surface area contributed by atoms with Gasteiger partial charge in [0.25, 0.3) is 0 Å². The van der Waals surface area contributed by atoms with E-state index in [2.05, 4.69) is 26.0 Å². The standard InChI is InChI=1S/C15H16O2S/c1-10(2)14-12(11-7-5-4-6-8-11)9-13(18-14)15(16)17-3/h4-10H,1-3H3. The number of esters is 1. The van der Waals surface area contributed by atoms with E-state index < -0.39 is 0 Å². The fraction of sp³-hybridized carbons (Fsp3) is 0.267. The Kier molecular flexibility index (Phi) is 3.82. The lowest BCUT2D eigenvalue weighted by molar-refractivity contribution is 0.0606. The van der Waals surface area contributed by atoms with Crippen molar-refractivity contribution in [3.63, 3.8) is 0 Å². The summed E-state index contributed by atoms with van der Waals surface area (Å²) in [7, 11) is 1.42. The summed E-state index contributed by atoms with van der Waals surface area (Å²) in [5.41, 5.74) is 2.28. The van der Waals surface area contributed by atoms with E-state index in [1.54, 1.807) is 0 Å². The molecule has 2 aromatic rings. The van der Waals surface area contributed by atoms with Crippen LogP contribution in [0.3, 0.4) is 0 Å². The number of carbonyl (C=O) groups excluding carboxylic acids is 1. The molecule has 0 aliphatic rings. The SMILES string of the molecule is COC(=O)c1cc(-c2ccccc2)c(C(C)C)s1. The van der Waals surface area contributed by atoms with Crippen LogP contribution in [0, 0.1) is 0 Å². The minimum atomic E-state index is -0.260. The molecule has 0 saturated carbocycles. The average Bonchev–Trinajstić information content (AvgIpc) is 2.84. The van der Waals surface area contributed by atoms with Gasteiger partial charge < -0.3 is 4.74 Å². The third kappa shape index (κ3) is 2.46. The number of rotatable bonds is 3. The summed E-state index contributed by atoms with van der Waals surface area (Å²) >= 11 is 1.52. The number of methoxy groups -OCH3 is 1. The zero-order valence-electron chi connectivity index (χ0n) is 10.8. The summed E-state index contributed by atoms with van der Waals surface area (Å²) < 4.78 is 4.79. The maximum Gasteiger partial charge on any atom is 0.348 e. The maximum absolute atomic E-state index is 11.6. The summed E-state index contributed by atoms with van der Waals surface area (Å²) in [5, 5.41) is 0. The molecule has 94 valence electrons. The van der Waals surface area contributed by atoms with Gasteiger partial charge in [0.1, 0.15) is 4.88 Å². The highest BCUT2D eigenvalue weighted by atomic mass is 32.1. The molecular formula is C15H16O2S.